The molecule has 2 nitrogen and oxygen atoms in total. The molecule has 2 aliphatic carbocycles. The minimum atomic E-state index is -0.0800. The maximum Gasteiger partial charge on any atom is 0.235 e. The Hall–Kier alpha value is -0.880. The van der Waals surface area contributed by atoms with Gasteiger partial charge in [-0.3, -0.25) is 0 Å². The van der Waals surface area contributed by atoms with Crippen molar-refractivity contribution in [2.75, 3.05) is 0 Å². The average Bonchev–Trinajstić information content (AvgIpc) is 2.34. The van der Waals surface area contributed by atoms with E-state index in [2.05, 4.69) is 11.6 Å². The summed E-state index contributed by atoms with van der Waals surface area (Å²) in [6.45, 7) is 4.04. The Balaban J connectivity index is 2.14. The van der Waals surface area contributed by atoms with Crippen molar-refractivity contribution >= 4 is 6.08 Å². The Morgan fingerprint density at radius 3 is 2.38 bits per heavy atom. The molecule has 0 spiro atoms. The first-order valence-corrected chi connectivity index (χ1v) is 6.52. The molecule has 0 saturated heterocycles. The molecule has 0 radical (unpaired) electrons. The molecule has 2 saturated carbocycles. The summed E-state index contributed by atoms with van der Waals surface area (Å²) < 4.78 is 0. The molecule has 0 unspecified atom stereocenters. The van der Waals surface area contributed by atoms with Crippen LogP contribution in [0.2, 0.25) is 0 Å². The molecule has 0 amide bonds. The maximum absolute atomic E-state index is 10.7. The third kappa shape index (κ3) is 2.27. The summed E-state index contributed by atoms with van der Waals surface area (Å²) in [7, 11) is 0. The van der Waals surface area contributed by atoms with Gasteiger partial charge in [0.2, 0.25) is 6.08 Å². The predicted molar refractivity (Wildman–Crippen MR) is 65.0 cm³/mol. The van der Waals surface area contributed by atoms with Crippen LogP contribution < -0.4 is 0 Å². The van der Waals surface area contributed by atoms with Crippen molar-refractivity contribution in [2.24, 2.45) is 10.9 Å². The van der Waals surface area contributed by atoms with Gasteiger partial charge in [-0.1, -0.05) is 31.4 Å². The lowest BCUT2D eigenvalue weighted by molar-refractivity contribution is 0.171. The highest BCUT2D eigenvalue weighted by Gasteiger charge is 2.40. The Morgan fingerprint density at radius 1 is 1.19 bits per heavy atom. The summed E-state index contributed by atoms with van der Waals surface area (Å²) in [5.74, 6) is 0.621. The normalized spacial score (nSPS) is 26.1. The van der Waals surface area contributed by atoms with E-state index in [4.69, 9.17) is 0 Å². The summed E-state index contributed by atoms with van der Waals surface area (Å²) in [4.78, 5) is 14.9. The summed E-state index contributed by atoms with van der Waals surface area (Å²) in [5.41, 5.74) is 1.25. The number of nitrogens with zero attached hydrogens (tertiary/aromatic N) is 1. The molecular weight excluding hydrogens is 198 g/mol. The van der Waals surface area contributed by atoms with E-state index in [0.29, 0.717) is 5.92 Å². The van der Waals surface area contributed by atoms with E-state index < -0.39 is 0 Å². The lowest BCUT2D eigenvalue weighted by Gasteiger charge is -2.41. The fraction of sp³-hybridized carbons (Fsp3) is 0.786. The van der Waals surface area contributed by atoms with Crippen LogP contribution in [0.25, 0.3) is 0 Å². The van der Waals surface area contributed by atoms with Gasteiger partial charge in [-0.2, -0.15) is 4.99 Å². The van der Waals surface area contributed by atoms with Crippen molar-refractivity contribution in [3.8, 4) is 0 Å². The lowest BCUT2D eigenvalue weighted by Crippen LogP contribution is -2.39. The first-order valence-electron chi connectivity index (χ1n) is 6.52. The van der Waals surface area contributed by atoms with Gasteiger partial charge in [-0.05, 0) is 44.4 Å². The highest BCUT2D eigenvalue weighted by molar-refractivity contribution is 5.35. The average molecular weight is 219 g/mol. The van der Waals surface area contributed by atoms with Crippen LogP contribution in [-0.2, 0) is 4.79 Å². The molecule has 0 aromatic rings. The molecule has 0 bridgehead atoms. The van der Waals surface area contributed by atoms with E-state index in [1.54, 1.807) is 0 Å². The molecule has 0 aliphatic heterocycles. The number of aliphatic imine (C=N–C) groups is 1. The van der Waals surface area contributed by atoms with Gasteiger partial charge in [-0.25, -0.2) is 4.79 Å². The molecule has 2 heteroatoms. The van der Waals surface area contributed by atoms with Crippen molar-refractivity contribution in [1.29, 1.82) is 0 Å². The monoisotopic (exact) mass is 219 g/mol. The molecule has 2 rings (SSSR count). The number of hydrogen-bond donors (Lipinski definition) is 0. The van der Waals surface area contributed by atoms with Crippen molar-refractivity contribution in [3.05, 3.63) is 12.2 Å². The molecule has 0 heterocycles. The van der Waals surface area contributed by atoms with E-state index in [-0.39, 0.29) is 5.54 Å². The van der Waals surface area contributed by atoms with Crippen LogP contribution >= 0.6 is 0 Å². The van der Waals surface area contributed by atoms with Crippen LogP contribution in [0, 0.1) is 5.92 Å². The van der Waals surface area contributed by atoms with Crippen LogP contribution in [0.1, 0.15) is 57.8 Å². The van der Waals surface area contributed by atoms with Crippen molar-refractivity contribution in [1.82, 2.24) is 0 Å². The van der Waals surface area contributed by atoms with Crippen molar-refractivity contribution < 1.29 is 4.79 Å². The minimum absolute atomic E-state index is 0.0800. The van der Waals surface area contributed by atoms with Gasteiger partial charge in [0.15, 0.2) is 0 Å². The van der Waals surface area contributed by atoms with Crippen LogP contribution in [0.5, 0.6) is 0 Å². The molecule has 0 aromatic heterocycles. The van der Waals surface area contributed by atoms with Gasteiger partial charge >= 0.3 is 0 Å². The fourth-order valence-corrected chi connectivity index (χ4v) is 3.38. The SMILES string of the molecule is C=C1CCC(N=C=O)(C2CCCCC2)CC1. The third-order valence-electron chi connectivity index (χ3n) is 4.46. The number of hydrogen-bond acceptors (Lipinski definition) is 2. The van der Waals surface area contributed by atoms with Gasteiger partial charge in [0, 0.05) is 0 Å². The van der Waals surface area contributed by atoms with Crippen molar-refractivity contribution in [3.63, 3.8) is 0 Å². The van der Waals surface area contributed by atoms with Crippen molar-refractivity contribution in [2.45, 2.75) is 63.3 Å². The molecule has 0 atom stereocenters. The molecule has 16 heavy (non-hydrogen) atoms. The maximum atomic E-state index is 10.7. The van der Waals surface area contributed by atoms with Gasteiger partial charge < -0.3 is 0 Å². The van der Waals surface area contributed by atoms with Crippen LogP contribution in [-0.4, -0.2) is 11.6 Å². The highest BCUT2D eigenvalue weighted by atomic mass is 16.1. The number of carbonyl (C=O) groups excluding carboxylic acids is 1. The largest absolute Gasteiger partial charge is 0.235 e. The van der Waals surface area contributed by atoms with Gasteiger partial charge in [-0.15, -0.1) is 0 Å². The topological polar surface area (TPSA) is 29.4 Å². The predicted octanol–water partition coefficient (Wildman–Crippen LogP) is 3.77. The van der Waals surface area contributed by atoms with Gasteiger partial charge in [0.1, 0.15) is 0 Å². The lowest BCUT2D eigenvalue weighted by atomic mass is 9.67. The first kappa shape index (κ1) is 11.6. The Bertz CT molecular complexity index is 299. The Kier molecular flexibility index (Phi) is 3.60. The zero-order valence-corrected chi connectivity index (χ0v) is 10.0. The van der Waals surface area contributed by atoms with Gasteiger partial charge in [0.25, 0.3) is 0 Å². The highest BCUT2D eigenvalue weighted by Crippen LogP contribution is 2.45. The Morgan fingerprint density at radius 2 is 1.81 bits per heavy atom. The summed E-state index contributed by atoms with van der Waals surface area (Å²) in [6, 6.07) is 0. The summed E-state index contributed by atoms with van der Waals surface area (Å²) in [6.07, 6.45) is 12.4. The molecule has 2 fully saturated rings. The fourth-order valence-electron chi connectivity index (χ4n) is 3.38. The second-order valence-electron chi connectivity index (χ2n) is 5.39. The second-order valence-corrected chi connectivity index (χ2v) is 5.39. The number of rotatable bonds is 2. The molecule has 0 N–H and O–H groups in total. The molecular formula is C14H21NO. The van der Waals surface area contributed by atoms with Crippen LogP contribution in [0.15, 0.2) is 17.1 Å². The molecule has 2 aliphatic rings. The number of isocyanates is 1. The smallest absolute Gasteiger partial charge is 0.211 e. The second kappa shape index (κ2) is 4.97. The zero-order valence-electron chi connectivity index (χ0n) is 10.0. The van der Waals surface area contributed by atoms with E-state index in [0.717, 1.165) is 25.7 Å². The minimum Gasteiger partial charge on any atom is -0.211 e. The van der Waals surface area contributed by atoms with Gasteiger partial charge in [0.05, 0.1) is 5.54 Å². The summed E-state index contributed by atoms with van der Waals surface area (Å²) >= 11 is 0. The number of allylic oxidation sites excluding steroid dienone is 1. The van der Waals surface area contributed by atoms with E-state index in [9.17, 15) is 4.79 Å². The Labute approximate surface area is 97.8 Å². The molecule has 0 aromatic carbocycles. The van der Waals surface area contributed by atoms with E-state index in [1.807, 2.05) is 6.08 Å². The van der Waals surface area contributed by atoms with E-state index in [1.165, 1.54) is 37.7 Å². The van der Waals surface area contributed by atoms with Crippen LogP contribution in [0.3, 0.4) is 0 Å². The van der Waals surface area contributed by atoms with Crippen LogP contribution in [0.4, 0.5) is 0 Å². The zero-order chi connectivity index (χ0) is 11.4. The first-order chi connectivity index (χ1) is 7.77. The summed E-state index contributed by atoms with van der Waals surface area (Å²) in [5, 5.41) is 0. The standard InChI is InChI=1S/C14H21NO/c1-12-7-9-14(10-8-12,15-11-16)13-5-3-2-4-6-13/h13H,1-10H2. The third-order valence-corrected chi connectivity index (χ3v) is 4.46. The van der Waals surface area contributed by atoms with E-state index >= 15 is 0 Å². The molecule has 88 valence electrons. The quantitative estimate of drug-likeness (QED) is 0.395.